The fourth-order valence-electron chi connectivity index (χ4n) is 8.56. The van der Waals surface area contributed by atoms with Crippen LogP contribution in [0.5, 0.6) is 5.75 Å². The van der Waals surface area contributed by atoms with Crippen molar-refractivity contribution in [2.45, 2.75) is 65.5 Å². The lowest BCUT2D eigenvalue weighted by atomic mass is 9.81. The van der Waals surface area contributed by atoms with Crippen LogP contribution in [0.3, 0.4) is 0 Å². The van der Waals surface area contributed by atoms with E-state index in [2.05, 4.69) is 6.07 Å². The summed E-state index contributed by atoms with van der Waals surface area (Å²) in [5.74, 6) is -2.50. The predicted octanol–water partition coefficient (Wildman–Crippen LogP) is 8.61. The Morgan fingerprint density at radius 2 is 1.61 bits per heavy atom. The molecule has 0 aliphatic carbocycles. The molecule has 61 heavy (non-hydrogen) atoms. The van der Waals surface area contributed by atoms with Crippen LogP contribution < -0.4 is 10.1 Å². The molecule has 0 saturated carbocycles. The molecule has 8 rings (SSSR count). The molecule has 17 heteroatoms. The standard InChI is InChI=1S/C44H39F5N6O6/c1-23-28(7-4-9-30(23)38-52-32-15-27(19-55-12-6-11-34(55)40(56)57)35(60-42(45)46)16-36(32)59-38)29-8-5-10-31(24(29)2)39-53-33-14-25(13-26(17-50)37(33)61-39)18-54-21-43(3,22-54)20-51-41(58)44(47,48)49/h4-5,7-10,13-16,34,42H,6,11-12,18-22H2,1-3H3,(H,51,58)(H,56,57)/t34-/m0/s1. The first-order chi connectivity index (χ1) is 29.0. The fourth-order valence-corrected chi connectivity index (χ4v) is 8.56. The van der Waals surface area contributed by atoms with Gasteiger partial charge in [0.1, 0.15) is 28.9 Å². The first-order valence-corrected chi connectivity index (χ1v) is 19.5. The van der Waals surface area contributed by atoms with Gasteiger partial charge in [0.15, 0.2) is 11.2 Å². The normalized spacial score (nSPS) is 16.9. The zero-order valence-corrected chi connectivity index (χ0v) is 33.2. The van der Waals surface area contributed by atoms with Crippen LogP contribution in [0.2, 0.25) is 0 Å². The number of hydrogen-bond acceptors (Lipinski definition) is 10. The van der Waals surface area contributed by atoms with Crippen LogP contribution in [0, 0.1) is 30.6 Å². The van der Waals surface area contributed by atoms with Crippen molar-refractivity contribution in [3.8, 4) is 45.9 Å². The number of carboxylic acid groups (broad SMARTS) is 1. The van der Waals surface area contributed by atoms with Crippen molar-refractivity contribution in [2.24, 2.45) is 5.41 Å². The number of benzene rings is 4. The Morgan fingerprint density at radius 3 is 2.23 bits per heavy atom. The summed E-state index contributed by atoms with van der Waals surface area (Å²) in [7, 11) is 0. The average Bonchev–Trinajstić information content (AvgIpc) is 3.94. The summed E-state index contributed by atoms with van der Waals surface area (Å²) in [6, 6.07) is 19.3. The van der Waals surface area contributed by atoms with Crippen molar-refractivity contribution >= 4 is 34.1 Å². The number of fused-ring (bicyclic) bond motifs is 2. The van der Waals surface area contributed by atoms with E-state index in [4.69, 9.17) is 23.5 Å². The van der Waals surface area contributed by atoms with Gasteiger partial charge in [0, 0.05) is 60.9 Å². The highest BCUT2D eigenvalue weighted by Gasteiger charge is 2.43. The Hall–Kier alpha value is -6.38. The maximum atomic E-state index is 13.5. The second kappa shape index (κ2) is 15.9. The maximum Gasteiger partial charge on any atom is 0.471 e. The molecule has 2 N–H and O–H groups in total. The summed E-state index contributed by atoms with van der Waals surface area (Å²) in [6.07, 6.45) is -3.81. The van der Waals surface area contributed by atoms with Crippen LogP contribution in [0.15, 0.2) is 69.5 Å². The third-order valence-corrected chi connectivity index (χ3v) is 11.4. The number of aromatic nitrogens is 2. The number of carboxylic acids is 1. The summed E-state index contributed by atoms with van der Waals surface area (Å²) in [5, 5.41) is 21.7. The number of ether oxygens (including phenoxy) is 1. The van der Waals surface area contributed by atoms with Crippen molar-refractivity contribution in [3.63, 3.8) is 0 Å². The van der Waals surface area contributed by atoms with E-state index in [9.17, 15) is 41.9 Å². The van der Waals surface area contributed by atoms with E-state index >= 15 is 0 Å². The molecule has 0 radical (unpaired) electrons. The number of carbonyl (C=O) groups excluding carboxylic acids is 1. The van der Waals surface area contributed by atoms with Crippen LogP contribution >= 0.6 is 0 Å². The molecule has 2 fully saturated rings. The fraction of sp³-hybridized carbons (Fsp3) is 0.341. The highest BCUT2D eigenvalue weighted by molar-refractivity contribution is 5.87. The monoisotopic (exact) mass is 842 g/mol. The topological polar surface area (TPSA) is 158 Å². The number of carbonyl (C=O) groups is 2. The summed E-state index contributed by atoms with van der Waals surface area (Å²) >= 11 is 0. The maximum absolute atomic E-state index is 13.5. The molecule has 4 aromatic carbocycles. The Bertz CT molecular complexity index is 2730. The van der Waals surface area contributed by atoms with Gasteiger partial charge < -0.3 is 24.0 Å². The second-order valence-corrected chi connectivity index (χ2v) is 16.0. The average molecular weight is 843 g/mol. The van der Waals surface area contributed by atoms with E-state index in [-0.39, 0.29) is 35.9 Å². The van der Waals surface area contributed by atoms with Gasteiger partial charge >= 0.3 is 24.7 Å². The van der Waals surface area contributed by atoms with Crippen LogP contribution in [0.1, 0.15) is 47.6 Å². The minimum Gasteiger partial charge on any atom is -0.480 e. The molecule has 2 aliphatic rings. The molecule has 2 saturated heterocycles. The third-order valence-electron chi connectivity index (χ3n) is 11.4. The summed E-state index contributed by atoms with van der Waals surface area (Å²) < 4.78 is 82.3. The zero-order valence-electron chi connectivity index (χ0n) is 33.2. The number of halogens is 5. The number of likely N-dealkylation sites (tertiary alicyclic amines) is 2. The van der Waals surface area contributed by atoms with Gasteiger partial charge in [-0.2, -0.15) is 27.2 Å². The molecule has 12 nitrogen and oxygen atoms in total. The molecule has 2 aromatic heterocycles. The molecule has 316 valence electrons. The Balaban J connectivity index is 1.05. The highest BCUT2D eigenvalue weighted by atomic mass is 19.4. The highest BCUT2D eigenvalue weighted by Crippen LogP contribution is 2.40. The van der Waals surface area contributed by atoms with Gasteiger partial charge in [-0.3, -0.25) is 19.4 Å². The number of aliphatic carboxylic acids is 1. The van der Waals surface area contributed by atoms with Crippen LogP contribution in [-0.4, -0.2) is 81.8 Å². The van der Waals surface area contributed by atoms with Crippen LogP contribution in [0.25, 0.3) is 56.2 Å². The van der Waals surface area contributed by atoms with Gasteiger partial charge in [-0.25, -0.2) is 9.97 Å². The lowest BCUT2D eigenvalue weighted by molar-refractivity contribution is -0.174. The minimum atomic E-state index is -4.94. The molecule has 0 bridgehead atoms. The SMILES string of the molecule is Cc1c(-c2nc3cc(CN4CCC[C@H]4C(=O)O)c(OC(F)F)cc3o2)cccc1-c1cccc(-c2nc3cc(CN4CC(C)(CNC(=O)C(F)(F)F)C4)cc(C#N)c3o2)c1C. The van der Waals surface area contributed by atoms with E-state index < -0.39 is 36.1 Å². The smallest absolute Gasteiger partial charge is 0.471 e. The van der Waals surface area contributed by atoms with Crippen molar-refractivity contribution < 1.29 is 50.2 Å². The van der Waals surface area contributed by atoms with Crippen LogP contribution in [-0.2, 0) is 22.7 Å². The molecule has 1 atom stereocenters. The number of nitrogens with one attached hydrogen (secondary N) is 1. The number of rotatable bonds is 12. The van der Waals surface area contributed by atoms with Gasteiger partial charge in [0.2, 0.25) is 11.8 Å². The lowest BCUT2D eigenvalue weighted by Gasteiger charge is -2.48. The van der Waals surface area contributed by atoms with Crippen molar-refractivity contribution in [1.82, 2.24) is 25.1 Å². The number of amides is 1. The molecule has 1 amide bonds. The van der Waals surface area contributed by atoms with Gasteiger partial charge in [0.05, 0.1) is 5.56 Å². The number of oxazole rings is 2. The first-order valence-electron chi connectivity index (χ1n) is 19.5. The van der Waals surface area contributed by atoms with Gasteiger partial charge in [-0.15, -0.1) is 0 Å². The number of nitriles is 1. The molecule has 0 spiro atoms. The largest absolute Gasteiger partial charge is 0.480 e. The van der Waals surface area contributed by atoms with E-state index in [1.54, 1.807) is 24.0 Å². The van der Waals surface area contributed by atoms with Crippen molar-refractivity contribution in [2.75, 3.05) is 26.2 Å². The van der Waals surface area contributed by atoms with E-state index in [1.165, 1.54) is 6.07 Å². The number of nitrogens with zero attached hydrogens (tertiary/aromatic N) is 5. The molecule has 4 heterocycles. The summed E-state index contributed by atoms with van der Waals surface area (Å²) in [4.78, 5) is 36.4. The predicted molar refractivity (Wildman–Crippen MR) is 212 cm³/mol. The number of alkyl halides is 5. The van der Waals surface area contributed by atoms with E-state index in [0.717, 1.165) is 27.8 Å². The first kappa shape index (κ1) is 41.4. The lowest BCUT2D eigenvalue weighted by Crippen LogP contribution is -2.59. The molecular formula is C44H39F5N6O6. The number of hydrogen-bond donors (Lipinski definition) is 2. The Labute approximate surface area is 345 Å². The minimum absolute atomic E-state index is 0.0841. The summed E-state index contributed by atoms with van der Waals surface area (Å²) in [5.41, 5.74) is 7.01. The van der Waals surface area contributed by atoms with Gasteiger partial charge in [-0.1, -0.05) is 31.2 Å². The second-order valence-electron chi connectivity index (χ2n) is 16.0. The van der Waals surface area contributed by atoms with Gasteiger partial charge in [0.25, 0.3) is 0 Å². The van der Waals surface area contributed by atoms with E-state index in [1.807, 2.05) is 66.5 Å². The third kappa shape index (κ3) is 8.25. The molecule has 2 aliphatic heterocycles. The quantitative estimate of drug-likeness (QED) is 0.114. The molecule has 6 aromatic rings. The van der Waals surface area contributed by atoms with E-state index in [0.29, 0.717) is 78.2 Å². The zero-order chi connectivity index (χ0) is 43.4. The molecular weight excluding hydrogens is 804 g/mol. The van der Waals surface area contributed by atoms with Crippen molar-refractivity contribution in [1.29, 1.82) is 5.26 Å². The van der Waals surface area contributed by atoms with Gasteiger partial charge in [-0.05, 0) is 91.4 Å². The Kier molecular flexibility index (Phi) is 10.8. The summed E-state index contributed by atoms with van der Waals surface area (Å²) in [6.45, 7) is 4.32. The van der Waals surface area contributed by atoms with Crippen molar-refractivity contribution in [3.05, 3.63) is 88.5 Å². The van der Waals surface area contributed by atoms with Crippen LogP contribution in [0.4, 0.5) is 22.0 Å². The Morgan fingerprint density at radius 1 is 0.967 bits per heavy atom. The molecule has 0 unspecified atom stereocenters.